The van der Waals surface area contributed by atoms with Crippen LogP contribution in [0, 0.1) is 5.92 Å². The van der Waals surface area contributed by atoms with E-state index in [1.807, 2.05) is 38.1 Å². The first-order valence-electron chi connectivity index (χ1n) is 11.0. The number of fused-ring (bicyclic) bond motifs is 1. The average Bonchev–Trinajstić information content (AvgIpc) is 3.17. The number of hydrogen-bond donors (Lipinski definition) is 2. The molecule has 2 heterocycles. The summed E-state index contributed by atoms with van der Waals surface area (Å²) in [7, 11) is -2.53. The van der Waals surface area contributed by atoms with Crippen LogP contribution in [0.5, 0.6) is 5.75 Å². The fourth-order valence-corrected chi connectivity index (χ4v) is 6.74. The van der Waals surface area contributed by atoms with Gasteiger partial charge >= 0.3 is 5.97 Å². The molecule has 0 fully saturated rings. The summed E-state index contributed by atoms with van der Waals surface area (Å²) in [4.78, 5) is 15.6. The van der Waals surface area contributed by atoms with E-state index in [2.05, 4.69) is 9.62 Å². The van der Waals surface area contributed by atoms with Crippen LogP contribution in [0.1, 0.15) is 46.6 Å². The SMILES string of the molecule is COC(=O)c1c(S(=O)(=O)NCCC(C)C)sc2c1CCN(Cc1ccc(OCCO)cc1)C2. The van der Waals surface area contributed by atoms with Gasteiger partial charge < -0.3 is 14.6 Å². The Labute approximate surface area is 199 Å². The number of ether oxygens (including phenoxy) is 2. The van der Waals surface area contributed by atoms with Crippen LogP contribution >= 0.6 is 11.3 Å². The van der Waals surface area contributed by atoms with E-state index < -0.39 is 16.0 Å². The summed E-state index contributed by atoms with van der Waals surface area (Å²) in [5, 5.41) is 8.86. The largest absolute Gasteiger partial charge is 0.491 e. The maximum Gasteiger partial charge on any atom is 0.340 e. The van der Waals surface area contributed by atoms with Gasteiger partial charge in [0.15, 0.2) is 0 Å². The number of sulfonamides is 1. The number of rotatable bonds is 11. The van der Waals surface area contributed by atoms with Crippen LogP contribution in [0.2, 0.25) is 0 Å². The minimum atomic E-state index is -3.81. The second-order valence-electron chi connectivity index (χ2n) is 8.41. The summed E-state index contributed by atoms with van der Waals surface area (Å²) < 4.78 is 39.0. The highest BCUT2D eigenvalue weighted by Gasteiger charge is 2.33. The quantitative estimate of drug-likeness (QED) is 0.461. The van der Waals surface area contributed by atoms with Gasteiger partial charge in [-0.05, 0) is 42.0 Å². The van der Waals surface area contributed by atoms with Crippen LogP contribution in [0.3, 0.4) is 0 Å². The minimum Gasteiger partial charge on any atom is -0.491 e. The Morgan fingerprint density at radius 3 is 2.64 bits per heavy atom. The zero-order valence-electron chi connectivity index (χ0n) is 19.3. The highest BCUT2D eigenvalue weighted by molar-refractivity contribution is 7.91. The number of esters is 1. The molecular weight excluding hydrogens is 464 g/mol. The molecule has 0 atom stereocenters. The third-order valence-corrected chi connectivity index (χ3v) is 8.64. The second kappa shape index (κ2) is 11.4. The van der Waals surface area contributed by atoms with Crippen LogP contribution in [-0.2, 0) is 34.3 Å². The highest BCUT2D eigenvalue weighted by Crippen LogP contribution is 2.37. The number of aliphatic hydroxyl groups excluding tert-OH is 1. The van der Waals surface area contributed by atoms with Gasteiger partial charge in [0.05, 0.1) is 19.3 Å². The van der Waals surface area contributed by atoms with Gasteiger partial charge in [-0.3, -0.25) is 4.90 Å². The van der Waals surface area contributed by atoms with Gasteiger partial charge in [0.25, 0.3) is 10.0 Å². The molecular formula is C23H32N2O6S2. The van der Waals surface area contributed by atoms with Gasteiger partial charge in [-0.2, -0.15) is 0 Å². The molecule has 33 heavy (non-hydrogen) atoms. The van der Waals surface area contributed by atoms with Crippen molar-refractivity contribution < 1.29 is 27.8 Å². The molecule has 1 aliphatic rings. The summed E-state index contributed by atoms with van der Waals surface area (Å²) in [6.45, 7) is 6.58. The molecule has 0 aliphatic carbocycles. The number of carbonyl (C=O) groups excluding carboxylic acids is 1. The van der Waals surface area contributed by atoms with Gasteiger partial charge in [-0.15, -0.1) is 11.3 Å². The first kappa shape index (κ1) is 25.6. The molecule has 0 radical (unpaired) electrons. The third kappa shape index (κ3) is 6.54. The molecule has 8 nitrogen and oxygen atoms in total. The molecule has 0 spiro atoms. The lowest BCUT2D eigenvalue weighted by Gasteiger charge is -2.27. The van der Waals surface area contributed by atoms with E-state index in [4.69, 9.17) is 14.6 Å². The Morgan fingerprint density at radius 2 is 2.00 bits per heavy atom. The van der Waals surface area contributed by atoms with Crippen LogP contribution in [0.15, 0.2) is 28.5 Å². The van der Waals surface area contributed by atoms with Gasteiger partial charge in [0.1, 0.15) is 16.6 Å². The number of hydrogen-bond acceptors (Lipinski definition) is 8. The zero-order chi connectivity index (χ0) is 24.0. The zero-order valence-corrected chi connectivity index (χ0v) is 20.9. The summed E-state index contributed by atoms with van der Waals surface area (Å²) in [5.74, 6) is 0.464. The van der Waals surface area contributed by atoms with E-state index in [9.17, 15) is 13.2 Å². The van der Waals surface area contributed by atoms with Crippen molar-refractivity contribution >= 4 is 27.3 Å². The molecule has 1 aromatic carbocycles. The van der Waals surface area contributed by atoms with E-state index in [0.717, 1.165) is 33.8 Å². The smallest absolute Gasteiger partial charge is 0.340 e. The standard InChI is InChI=1S/C23H32N2O6S2/c1-16(2)8-10-24-33(28,29)23-21(22(27)30-3)19-9-11-25(15-20(19)32-23)14-17-4-6-18(7-5-17)31-13-12-26/h4-7,16,24,26H,8-15H2,1-3H3. The summed E-state index contributed by atoms with van der Waals surface area (Å²) in [6.07, 6.45) is 1.30. The Balaban J connectivity index is 1.77. The number of nitrogens with one attached hydrogen (secondary N) is 1. The number of nitrogens with zero attached hydrogens (tertiary/aromatic N) is 1. The third-order valence-electron chi connectivity index (χ3n) is 5.44. The summed E-state index contributed by atoms with van der Waals surface area (Å²) in [5.41, 5.74) is 2.06. The fourth-order valence-electron chi connectivity index (χ4n) is 3.72. The number of carbonyl (C=O) groups is 1. The maximum atomic E-state index is 13.0. The first-order chi connectivity index (χ1) is 15.7. The molecule has 182 valence electrons. The van der Waals surface area contributed by atoms with Crippen molar-refractivity contribution in [3.8, 4) is 5.75 Å². The van der Waals surface area contributed by atoms with Crippen LogP contribution in [0.4, 0.5) is 0 Å². The molecule has 0 unspecified atom stereocenters. The first-order valence-corrected chi connectivity index (χ1v) is 13.3. The number of methoxy groups -OCH3 is 1. The monoisotopic (exact) mass is 496 g/mol. The molecule has 0 saturated heterocycles. The van der Waals surface area contributed by atoms with Crippen molar-refractivity contribution in [2.45, 2.75) is 44.0 Å². The molecule has 2 N–H and O–H groups in total. The van der Waals surface area contributed by atoms with Gasteiger partial charge in [0, 0.05) is 31.1 Å². The lowest BCUT2D eigenvalue weighted by Crippen LogP contribution is -2.30. The van der Waals surface area contributed by atoms with E-state index in [0.29, 0.717) is 44.3 Å². The number of aliphatic hydroxyl groups is 1. The van der Waals surface area contributed by atoms with Crippen molar-refractivity contribution in [3.05, 3.63) is 45.8 Å². The van der Waals surface area contributed by atoms with Crippen molar-refractivity contribution in [1.29, 1.82) is 0 Å². The molecule has 0 saturated carbocycles. The number of thiophene rings is 1. The summed E-state index contributed by atoms with van der Waals surface area (Å²) in [6, 6.07) is 7.69. The fraction of sp³-hybridized carbons (Fsp3) is 0.522. The Bertz CT molecular complexity index is 1050. The van der Waals surface area contributed by atoms with Gasteiger partial charge in [-0.1, -0.05) is 26.0 Å². The predicted octanol–water partition coefficient (Wildman–Crippen LogP) is 2.79. The normalized spacial score (nSPS) is 14.3. The van der Waals surface area contributed by atoms with E-state index in [1.165, 1.54) is 7.11 Å². The van der Waals surface area contributed by atoms with E-state index >= 15 is 0 Å². The molecule has 0 bridgehead atoms. The molecule has 0 amide bonds. The van der Waals surface area contributed by atoms with Gasteiger partial charge in [-0.25, -0.2) is 17.9 Å². The van der Waals surface area contributed by atoms with Crippen molar-refractivity contribution in [1.82, 2.24) is 9.62 Å². The molecule has 3 rings (SSSR count). The Hall–Kier alpha value is -1.98. The molecule has 10 heteroatoms. The average molecular weight is 497 g/mol. The maximum absolute atomic E-state index is 13.0. The molecule has 2 aromatic rings. The molecule has 1 aliphatic heterocycles. The van der Waals surface area contributed by atoms with Crippen LogP contribution in [0.25, 0.3) is 0 Å². The minimum absolute atomic E-state index is 0.0306. The Kier molecular flexibility index (Phi) is 8.88. The van der Waals surface area contributed by atoms with E-state index in [-0.39, 0.29) is 23.0 Å². The molecule has 1 aromatic heterocycles. The van der Waals surface area contributed by atoms with E-state index in [1.54, 1.807) is 0 Å². The lowest BCUT2D eigenvalue weighted by atomic mass is 10.0. The topological polar surface area (TPSA) is 105 Å². The van der Waals surface area contributed by atoms with Crippen molar-refractivity contribution in [2.24, 2.45) is 5.92 Å². The number of benzene rings is 1. The Morgan fingerprint density at radius 1 is 1.27 bits per heavy atom. The van der Waals surface area contributed by atoms with Crippen molar-refractivity contribution in [2.75, 3.05) is 33.4 Å². The lowest BCUT2D eigenvalue weighted by molar-refractivity contribution is 0.0595. The van der Waals surface area contributed by atoms with Crippen LogP contribution < -0.4 is 9.46 Å². The second-order valence-corrected chi connectivity index (χ2v) is 11.5. The summed E-state index contributed by atoms with van der Waals surface area (Å²) >= 11 is 1.16. The van der Waals surface area contributed by atoms with Crippen LogP contribution in [-0.4, -0.2) is 57.8 Å². The predicted molar refractivity (Wildman–Crippen MR) is 127 cm³/mol. The highest BCUT2D eigenvalue weighted by atomic mass is 32.2. The van der Waals surface area contributed by atoms with Gasteiger partial charge in [0.2, 0.25) is 0 Å². The van der Waals surface area contributed by atoms with Crippen molar-refractivity contribution in [3.63, 3.8) is 0 Å².